The monoisotopic (exact) mass is 389 g/mol. The summed E-state index contributed by atoms with van der Waals surface area (Å²) in [6.45, 7) is 8.78. The Morgan fingerprint density at radius 1 is 1.00 bits per heavy atom. The molecule has 3 rings (SSSR count). The Morgan fingerprint density at radius 3 is 2.45 bits per heavy atom. The topological polar surface area (TPSA) is 70.2 Å². The maximum Gasteiger partial charge on any atom is 0.274 e. The van der Waals surface area contributed by atoms with E-state index >= 15 is 0 Å². The highest BCUT2D eigenvalue weighted by atomic mass is 16.1. The molecule has 0 spiro atoms. The van der Waals surface area contributed by atoms with Crippen LogP contribution in [0.2, 0.25) is 0 Å². The van der Waals surface area contributed by atoms with Gasteiger partial charge in [-0.15, -0.1) is 0 Å². The molecule has 0 unspecified atom stereocenters. The molecule has 3 aromatic rings. The Bertz CT molecular complexity index is 954. The van der Waals surface area contributed by atoms with Gasteiger partial charge in [0.2, 0.25) is 0 Å². The highest BCUT2D eigenvalue weighted by Gasteiger charge is 2.12. The number of rotatable bonds is 8. The van der Waals surface area contributed by atoms with Gasteiger partial charge in [0.25, 0.3) is 5.91 Å². The number of nitrogens with one attached hydrogen (secondary N) is 2. The maximum absolute atomic E-state index is 12.7. The number of anilines is 3. The molecule has 0 bridgehead atoms. The molecule has 0 aliphatic carbocycles. The Kier molecular flexibility index (Phi) is 6.79. The van der Waals surface area contributed by atoms with Crippen molar-refractivity contribution in [3.05, 3.63) is 77.7 Å². The van der Waals surface area contributed by atoms with Gasteiger partial charge in [0, 0.05) is 37.1 Å². The zero-order valence-electron chi connectivity index (χ0n) is 17.1. The van der Waals surface area contributed by atoms with Crippen LogP contribution in [0.5, 0.6) is 0 Å². The van der Waals surface area contributed by atoms with Gasteiger partial charge in [0.15, 0.2) is 0 Å². The van der Waals surface area contributed by atoms with Crippen LogP contribution in [0.1, 0.15) is 35.5 Å². The van der Waals surface area contributed by atoms with Crippen molar-refractivity contribution in [3.63, 3.8) is 0 Å². The summed E-state index contributed by atoms with van der Waals surface area (Å²) < 4.78 is 0. The molecule has 2 N–H and O–H groups in total. The molecule has 2 aromatic carbocycles. The number of aryl methyl sites for hydroxylation is 1. The van der Waals surface area contributed by atoms with E-state index in [0.29, 0.717) is 18.1 Å². The van der Waals surface area contributed by atoms with E-state index in [2.05, 4.69) is 45.4 Å². The lowest BCUT2D eigenvalue weighted by Gasteiger charge is -2.22. The lowest BCUT2D eigenvalue weighted by atomic mass is 10.1. The zero-order valence-corrected chi connectivity index (χ0v) is 17.1. The highest BCUT2D eigenvalue weighted by Crippen LogP contribution is 2.23. The van der Waals surface area contributed by atoms with Crippen molar-refractivity contribution in [2.75, 3.05) is 28.6 Å². The third-order valence-corrected chi connectivity index (χ3v) is 4.80. The first-order valence-electron chi connectivity index (χ1n) is 9.87. The van der Waals surface area contributed by atoms with E-state index in [-0.39, 0.29) is 5.91 Å². The van der Waals surface area contributed by atoms with Crippen LogP contribution < -0.4 is 15.5 Å². The quantitative estimate of drug-likeness (QED) is 0.594. The van der Waals surface area contributed by atoms with Gasteiger partial charge in [0.1, 0.15) is 17.8 Å². The number of nitrogens with zero attached hydrogens (tertiary/aromatic N) is 3. The van der Waals surface area contributed by atoms with Crippen LogP contribution in [-0.4, -0.2) is 29.0 Å². The number of hydrogen-bond acceptors (Lipinski definition) is 5. The lowest BCUT2D eigenvalue weighted by molar-refractivity contribution is 0.102. The summed E-state index contributed by atoms with van der Waals surface area (Å²) in [6, 6.07) is 17.8. The minimum Gasteiger partial charge on any atom is -0.372 e. The third kappa shape index (κ3) is 5.31. The highest BCUT2D eigenvalue weighted by molar-refractivity contribution is 6.03. The SMILES string of the molecule is CCN(CC)c1ccc(NC(=O)c2cc(NCc3ccccc3)ncn2)c(C)c1. The van der Waals surface area contributed by atoms with E-state index in [4.69, 9.17) is 0 Å². The first kappa shape index (κ1) is 20.3. The molecule has 1 aromatic heterocycles. The predicted octanol–water partition coefficient (Wildman–Crippen LogP) is 4.50. The molecule has 0 saturated heterocycles. The molecular formula is C23H27N5O. The summed E-state index contributed by atoms with van der Waals surface area (Å²) in [5.41, 5.74) is 4.41. The number of benzene rings is 2. The first-order valence-corrected chi connectivity index (χ1v) is 9.87. The third-order valence-electron chi connectivity index (χ3n) is 4.80. The second-order valence-corrected chi connectivity index (χ2v) is 6.75. The largest absolute Gasteiger partial charge is 0.372 e. The Balaban J connectivity index is 1.68. The van der Waals surface area contributed by atoms with Gasteiger partial charge in [-0.05, 0) is 50.1 Å². The standard InChI is InChI=1S/C23H27N5O/c1-4-28(5-2)19-11-12-20(17(3)13-19)27-23(29)21-14-22(26-16-25-21)24-15-18-9-7-6-8-10-18/h6-14,16H,4-5,15H2,1-3H3,(H,27,29)(H,24,25,26). The average Bonchev–Trinajstić information content (AvgIpc) is 2.76. The van der Waals surface area contributed by atoms with Crippen LogP contribution in [0, 0.1) is 6.92 Å². The van der Waals surface area contributed by atoms with E-state index in [9.17, 15) is 4.79 Å². The van der Waals surface area contributed by atoms with Crippen molar-refractivity contribution in [2.24, 2.45) is 0 Å². The fraction of sp³-hybridized carbons (Fsp3) is 0.261. The van der Waals surface area contributed by atoms with E-state index in [1.165, 1.54) is 6.33 Å². The summed E-state index contributed by atoms with van der Waals surface area (Å²) in [4.78, 5) is 23.3. The molecule has 6 heteroatoms. The number of hydrogen-bond donors (Lipinski definition) is 2. The Hall–Kier alpha value is -3.41. The van der Waals surface area contributed by atoms with Gasteiger partial charge in [-0.1, -0.05) is 30.3 Å². The van der Waals surface area contributed by atoms with Crippen LogP contribution >= 0.6 is 0 Å². The summed E-state index contributed by atoms with van der Waals surface area (Å²) in [6.07, 6.45) is 1.40. The summed E-state index contributed by atoms with van der Waals surface area (Å²) in [5.74, 6) is 0.358. The maximum atomic E-state index is 12.7. The lowest BCUT2D eigenvalue weighted by Crippen LogP contribution is -2.22. The van der Waals surface area contributed by atoms with Crippen LogP contribution in [0.3, 0.4) is 0 Å². The number of amides is 1. The molecule has 0 atom stereocenters. The fourth-order valence-electron chi connectivity index (χ4n) is 3.13. The van der Waals surface area contributed by atoms with Gasteiger partial charge >= 0.3 is 0 Å². The summed E-state index contributed by atoms with van der Waals surface area (Å²) >= 11 is 0. The van der Waals surface area contributed by atoms with Crippen molar-refractivity contribution < 1.29 is 4.79 Å². The second-order valence-electron chi connectivity index (χ2n) is 6.75. The Morgan fingerprint density at radius 2 is 1.76 bits per heavy atom. The van der Waals surface area contributed by atoms with Gasteiger partial charge in [-0.25, -0.2) is 9.97 Å². The number of carbonyl (C=O) groups is 1. The van der Waals surface area contributed by atoms with Crippen molar-refractivity contribution in [1.29, 1.82) is 0 Å². The van der Waals surface area contributed by atoms with Gasteiger partial charge < -0.3 is 15.5 Å². The molecule has 150 valence electrons. The molecule has 0 radical (unpaired) electrons. The van der Waals surface area contributed by atoms with Crippen molar-refractivity contribution >= 4 is 23.1 Å². The molecule has 6 nitrogen and oxygen atoms in total. The van der Waals surface area contributed by atoms with Crippen LogP contribution in [0.25, 0.3) is 0 Å². The summed E-state index contributed by atoms with van der Waals surface area (Å²) in [5, 5.41) is 6.18. The zero-order chi connectivity index (χ0) is 20.6. The predicted molar refractivity (Wildman–Crippen MR) is 118 cm³/mol. The van der Waals surface area contributed by atoms with E-state index in [1.807, 2.05) is 49.4 Å². The average molecular weight is 390 g/mol. The smallest absolute Gasteiger partial charge is 0.274 e. The molecule has 0 fully saturated rings. The normalized spacial score (nSPS) is 10.4. The van der Waals surface area contributed by atoms with Crippen LogP contribution in [0.15, 0.2) is 60.9 Å². The molecule has 1 heterocycles. The number of aromatic nitrogens is 2. The molecule has 0 saturated carbocycles. The van der Waals surface area contributed by atoms with Crippen molar-refractivity contribution in [3.8, 4) is 0 Å². The van der Waals surface area contributed by atoms with E-state index < -0.39 is 0 Å². The molecule has 0 aliphatic heterocycles. The fourth-order valence-corrected chi connectivity index (χ4v) is 3.13. The molecule has 1 amide bonds. The van der Waals surface area contributed by atoms with Crippen LogP contribution in [0.4, 0.5) is 17.2 Å². The summed E-state index contributed by atoms with van der Waals surface area (Å²) in [7, 11) is 0. The van der Waals surface area contributed by atoms with E-state index in [0.717, 1.165) is 35.6 Å². The molecular weight excluding hydrogens is 362 g/mol. The first-order chi connectivity index (χ1) is 14.1. The van der Waals surface area contributed by atoms with Crippen LogP contribution in [-0.2, 0) is 6.54 Å². The second kappa shape index (κ2) is 9.68. The van der Waals surface area contributed by atoms with Crippen molar-refractivity contribution in [2.45, 2.75) is 27.3 Å². The van der Waals surface area contributed by atoms with Gasteiger partial charge in [-0.2, -0.15) is 0 Å². The van der Waals surface area contributed by atoms with Gasteiger partial charge in [-0.3, -0.25) is 4.79 Å². The molecule has 29 heavy (non-hydrogen) atoms. The minimum atomic E-state index is -0.256. The minimum absolute atomic E-state index is 0.256. The van der Waals surface area contributed by atoms with Gasteiger partial charge in [0.05, 0.1) is 0 Å². The molecule has 0 aliphatic rings. The number of carbonyl (C=O) groups excluding carboxylic acids is 1. The van der Waals surface area contributed by atoms with E-state index in [1.54, 1.807) is 6.07 Å². The van der Waals surface area contributed by atoms with Crippen molar-refractivity contribution in [1.82, 2.24) is 9.97 Å². The Labute approximate surface area is 172 Å².